The van der Waals surface area contributed by atoms with E-state index >= 15 is 0 Å². The molecular weight excluding hydrogens is 291 g/mol. The predicted octanol–water partition coefficient (Wildman–Crippen LogP) is -1.50. The van der Waals surface area contributed by atoms with Gasteiger partial charge in [0.1, 0.15) is 0 Å². The number of rotatable bonds is 10. The SMILES string of the molecule is CCCCCCCCCCCC(=O)O.O[Si](O)(O)O.[H-].[Na+]. The second-order valence-corrected chi connectivity index (χ2v) is 5.77. The Kier molecular flexibility index (Phi) is 22.4. The standard InChI is InChI=1S/C12H24O2.Na.H4O4Si.H/c1-2-3-4-5-6-7-8-9-10-11-12(13)14;;1-5(2,3)4;/h2-11H2,1H3,(H,13,14);;1-4H;/q;+1;;-1. The zero-order valence-corrected chi connectivity index (χ0v) is 15.7. The minimum absolute atomic E-state index is 0. The number of unbranched alkanes of at least 4 members (excludes halogenated alkanes) is 8. The summed E-state index contributed by atoms with van der Waals surface area (Å²) in [4.78, 5) is 39.5. The van der Waals surface area contributed by atoms with Gasteiger partial charge in [0.2, 0.25) is 0 Å². The molecule has 0 aliphatic carbocycles. The van der Waals surface area contributed by atoms with Gasteiger partial charge in [0.25, 0.3) is 0 Å². The number of hydrogen-bond acceptors (Lipinski definition) is 5. The van der Waals surface area contributed by atoms with Crippen LogP contribution in [0.15, 0.2) is 0 Å². The van der Waals surface area contributed by atoms with Crippen LogP contribution in [0.3, 0.4) is 0 Å². The molecule has 0 aliphatic rings. The van der Waals surface area contributed by atoms with Crippen LogP contribution in [-0.2, 0) is 4.79 Å². The summed E-state index contributed by atoms with van der Waals surface area (Å²) in [5.74, 6) is -0.659. The fourth-order valence-electron chi connectivity index (χ4n) is 1.59. The molecule has 0 saturated heterocycles. The molecule has 0 aromatic rings. The van der Waals surface area contributed by atoms with E-state index in [1.165, 1.54) is 44.9 Å². The van der Waals surface area contributed by atoms with Crippen LogP contribution in [0.2, 0.25) is 0 Å². The van der Waals surface area contributed by atoms with Crippen molar-refractivity contribution in [2.45, 2.75) is 71.1 Å². The largest absolute Gasteiger partial charge is 1.00 e. The predicted molar refractivity (Wildman–Crippen MR) is 75.2 cm³/mol. The maximum Gasteiger partial charge on any atom is 1.00 e. The van der Waals surface area contributed by atoms with Crippen molar-refractivity contribution in [3.63, 3.8) is 0 Å². The van der Waals surface area contributed by atoms with Crippen molar-refractivity contribution >= 4 is 15.0 Å². The summed E-state index contributed by atoms with van der Waals surface area (Å²) in [5, 5.41) is 8.41. The van der Waals surface area contributed by atoms with Gasteiger partial charge < -0.3 is 25.7 Å². The zero-order chi connectivity index (χ0) is 15.1. The molecule has 5 N–H and O–H groups in total. The Morgan fingerprint density at radius 3 is 1.45 bits per heavy atom. The van der Waals surface area contributed by atoms with E-state index in [0.29, 0.717) is 6.42 Å². The van der Waals surface area contributed by atoms with E-state index in [0.717, 1.165) is 12.8 Å². The van der Waals surface area contributed by atoms with E-state index in [9.17, 15) is 4.79 Å². The summed E-state index contributed by atoms with van der Waals surface area (Å²) in [6.07, 6.45) is 11.5. The number of carboxylic acids is 1. The van der Waals surface area contributed by atoms with Gasteiger partial charge in [0.15, 0.2) is 0 Å². The Hall–Kier alpha value is 0.527. The normalized spacial score (nSPS) is 10.2. The molecule has 0 amide bonds. The molecule has 0 spiro atoms. The summed E-state index contributed by atoms with van der Waals surface area (Å²) in [7, 11) is -4.61. The van der Waals surface area contributed by atoms with Crippen molar-refractivity contribution in [2.24, 2.45) is 0 Å². The smallest absolute Gasteiger partial charge is 1.00 e. The molecule has 0 unspecified atom stereocenters. The Labute approximate surface area is 146 Å². The van der Waals surface area contributed by atoms with Crippen molar-refractivity contribution in [2.75, 3.05) is 0 Å². The third-order valence-corrected chi connectivity index (χ3v) is 2.49. The van der Waals surface area contributed by atoms with Crippen LogP contribution in [0.4, 0.5) is 0 Å². The van der Waals surface area contributed by atoms with Crippen molar-refractivity contribution < 1.29 is 60.1 Å². The minimum Gasteiger partial charge on any atom is -1.00 e. The first-order valence-corrected chi connectivity index (χ1v) is 8.67. The van der Waals surface area contributed by atoms with E-state index in [1.54, 1.807) is 0 Å². The summed E-state index contributed by atoms with van der Waals surface area (Å²) in [6.45, 7) is 2.23. The Morgan fingerprint density at radius 1 is 0.850 bits per heavy atom. The average molecular weight is 320 g/mol. The molecule has 20 heavy (non-hydrogen) atoms. The topological polar surface area (TPSA) is 118 Å². The van der Waals surface area contributed by atoms with Crippen LogP contribution in [0, 0.1) is 0 Å². The zero-order valence-electron chi connectivity index (χ0n) is 13.7. The molecule has 0 radical (unpaired) electrons. The Morgan fingerprint density at radius 2 is 1.15 bits per heavy atom. The van der Waals surface area contributed by atoms with Gasteiger partial charge in [-0.25, -0.2) is 0 Å². The van der Waals surface area contributed by atoms with Crippen LogP contribution in [0.5, 0.6) is 0 Å². The molecule has 0 aromatic heterocycles. The van der Waals surface area contributed by atoms with Gasteiger partial charge >= 0.3 is 44.6 Å². The number of aliphatic carboxylic acids is 1. The van der Waals surface area contributed by atoms with Gasteiger partial charge in [-0.05, 0) is 6.42 Å². The van der Waals surface area contributed by atoms with Crippen molar-refractivity contribution in [1.29, 1.82) is 0 Å². The minimum atomic E-state index is -4.61. The van der Waals surface area contributed by atoms with Crippen LogP contribution >= 0.6 is 0 Å². The van der Waals surface area contributed by atoms with Gasteiger partial charge in [-0.2, -0.15) is 0 Å². The quantitative estimate of drug-likeness (QED) is 0.247. The van der Waals surface area contributed by atoms with Crippen LogP contribution in [-0.4, -0.2) is 39.3 Å². The fourth-order valence-corrected chi connectivity index (χ4v) is 1.59. The molecule has 0 fully saturated rings. The Balaban J connectivity index is -0.000000179. The van der Waals surface area contributed by atoms with Gasteiger partial charge in [-0.3, -0.25) is 4.79 Å². The molecule has 0 rings (SSSR count). The molecule has 118 valence electrons. The van der Waals surface area contributed by atoms with Gasteiger partial charge in [-0.15, -0.1) is 0 Å². The first-order valence-electron chi connectivity index (χ1n) is 6.88. The molecule has 6 nitrogen and oxygen atoms in total. The second kappa shape index (κ2) is 17.6. The first-order chi connectivity index (χ1) is 8.77. The average Bonchev–Trinajstić information content (AvgIpc) is 2.24. The molecule has 0 aliphatic heterocycles. The summed E-state index contributed by atoms with van der Waals surface area (Å²) < 4.78 is 0. The maximum absolute atomic E-state index is 10.2. The second-order valence-electron chi connectivity index (χ2n) is 4.57. The van der Waals surface area contributed by atoms with E-state index in [4.69, 9.17) is 24.3 Å². The van der Waals surface area contributed by atoms with E-state index in [1.807, 2.05) is 0 Å². The van der Waals surface area contributed by atoms with E-state index in [-0.39, 0.29) is 31.0 Å². The summed E-state index contributed by atoms with van der Waals surface area (Å²) in [6, 6.07) is 0. The Bertz CT molecular complexity index is 210. The molecular formula is C12H29NaO6Si. The summed E-state index contributed by atoms with van der Waals surface area (Å²) in [5.41, 5.74) is 0. The van der Waals surface area contributed by atoms with E-state index in [2.05, 4.69) is 6.92 Å². The van der Waals surface area contributed by atoms with Crippen LogP contribution in [0.25, 0.3) is 0 Å². The van der Waals surface area contributed by atoms with Gasteiger partial charge in [0, 0.05) is 6.42 Å². The monoisotopic (exact) mass is 320 g/mol. The van der Waals surface area contributed by atoms with Crippen LogP contribution in [0.1, 0.15) is 72.6 Å². The third kappa shape index (κ3) is 42.8. The van der Waals surface area contributed by atoms with Gasteiger partial charge in [0.05, 0.1) is 0 Å². The molecule has 0 aromatic carbocycles. The molecule has 8 heteroatoms. The van der Waals surface area contributed by atoms with Crippen LogP contribution < -0.4 is 29.6 Å². The number of hydrogen-bond donors (Lipinski definition) is 5. The van der Waals surface area contributed by atoms with Crippen molar-refractivity contribution in [1.82, 2.24) is 0 Å². The van der Waals surface area contributed by atoms with Gasteiger partial charge in [-0.1, -0.05) is 58.3 Å². The van der Waals surface area contributed by atoms with Crippen molar-refractivity contribution in [3.8, 4) is 0 Å². The fraction of sp³-hybridized carbons (Fsp3) is 0.917. The molecule has 0 heterocycles. The number of carbonyl (C=O) groups is 1. The first kappa shape index (κ1) is 25.5. The number of carboxylic acid groups (broad SMARTS) is 1. The van der Waals surface area contributed by atoms with E-state index < -0.39 is 15.0 Å². The van der Waals surface area contributed by atoms with Crippen molar-refractivity contribution in [3.05, 3.63) is 0 Å². The molecule has 0 saturated carbocycles. The third-order valence-electron chi connectivity index (χ3n) is 2.49. The summed E-state index contributed by atoms with van der Waals surface area (Å²) >= 11 is 0. The maximum atomic E-state index is 10.2. The molecule has 0 atom stereocenters. The molecule has 0 bridgehead atoms.